The molecule has 5 nitrogen and oxygen atoms in total. The third-order valence-corrected chi connectivity index (χ3v) is 3.32. The van der Waals surface area contributed by atoms with Crippen molar-refractivity contribution in [1.29, 1.82) is 0 Å². The van der Waals surface area contributed by atoms with Crippen molar-refractivity contribution in [2.24, 2.45) is 0 Å². The Hall–Kier alpha value is -2.09. The van der Waals surface area contributed by atoms with Gasteiger partial charge in [-0.3, -0.25) is 9.59 Å². The van der Waals surface area contributed by atoms with Gasteiger partial charge in [0.1, 0.15) is 6.61 Å². The van der Waals surface area contributed by atoms with E-state index >= 15 is 0 Å². The molecule has 120 valence electrons. The number of aliphatic carboxylic acids is 1. The Morgan fingerprint density at radius 1 is 1.32 bits per heavy atom. The molecule has 1 N–H and O–H groups in total. The zero-order valence-electron chi connectivity index (χ0n) is 11.5. The third-order valence-electron chi connectivity index (χ3n) is 3.32. The number of benzene rings is 1. The lowest BCUT2D eigenvalue weighted by Gasteiger charge is -2.32. The molecule has 1 fully saturated rings. The summed E-state index contributed by atoms with van der Waals surface area (Å²) in [7, 11) is 0. The first-order valence-corrected chi connectivity index (χ1v) is 6.58. The third kappa shape index (κ3) is 3.97. The van der Waals surface area contributed by atoms with E-state index in [4.69, 9.17) is 9.84 Å². The van der Waals surface area contributed by atoms with Gasteiger partial charge in [-0.2, -0.15) is 13.2 Å². The fourth-order valence-corrected chi connectivity index (χ4v) is 2.16. The summed E-state index contributed by atoms with van der Waals surface area (Å²) in [5, 5.41) is 8.64. The van der Waals surface area contributed by atoms with Gasteiger partial charge in [0.25, 0.3) is 5.91 Å². The van der Waals surface area contributed by atoms with Gasteiger partial charge in [0.2, 0.25) is 0 Å². The summed E-state index contributed by atoms with van der Waals surface area (Å²) in [6.07, 6.45) is -4.74. The molecule has 2 rings (SSSR count). The molecule has 0 radical (unpaired) electrons. The summed E-state index contributed by atoms with van der Waals surface area (Å²) in [5.41, 5.74) is -0.457. The minimum absolute atomic E-state index is 0.0975. The van der Waals surface area contributed by atoms with Crippen LogP contribution < -0.4 is 4.90 Å². The number of hydrogen-bond acceptors (Lipinski definition) is 3. The van der Waals surface area contributed by atoms with Gasteiger partial charge in [-0.1, -0.05) is 0 Å². The van der Waals surface area contributed by atoms with Crippen LogP contribution in [0, 0.1) is 0 Å². The maximum atomic E-state index is 12.5. The largest absolute Gasteiger partial charge is 0.481 e. The molecule has 1 unspecified atom stereocenters. The summed E-state index contributed by atoms with van der Waals surface area (Å²) in [4.78, 5) is 23.7. The predicted molar refractivity (Wildman–Crippen MR) is 70.4 cm³/mol. The number of hydrogen-bond donors (Lipinski definition) is 1. The van der Waals surface area contributed by atoms with Crippen molar-refractivity contribution >= 4 is 17.6 Å². The van der Waals surface area contributed by atoms with Crippen LogP contribution in [0.5, 0.6) is 0 Å². The molecule has 0 spiro atoms. The van der Waals surface area contributed by atoms with Gasteiger partial charge in [0.05, 0.1) is 18.2 Å². The number of carboxylic acid groups (broad SMARTS) is 1. The highest BCUT2D eigenvalue weighted by Gasteiger charge is 2.31. The number of ether oxygens (including phenoxy) is 1. The van der Waals surface area contributed by atoms with Gasteiger partial charge in [-0.25, -0.2) is 0 Å². The van der Waals surface area contributed by atoms with Crippen LogP contribution >= 0.6 is 0 Å². The van der Waals surface area contributed by atoms with Crippen molar-refractivity contribution in [2.45, 2.75) is 25.1 Å². The molecular formula is C14H14F3NO4. The van der Waals surface area contributed by atoms with E-state index in [0.717, 1.165) is 12.1 Å². The molecular weight excluding hydrogens is 303 g/mol. The Bertz CT molecular complexity index is 556. The normalized spacial score (nSPS) is 19.3. The van der Waals surface area contributed by atoms with Crippen molar-refractivity contribution < 1.29 is 32.6 Å². The number of morpholine rings is 1. The molecule has 22 heavy (non-hydrogen) atoms. The highest BCUT2D eigenvalue weighted by molar-refractivity contribution is 5.95. The molecule has 0 aliphatic carbocycles. The van der Waals surface area contributed by atoms with Crippen molar-refractivity contribution in [1.82, 2.24) is 0 Å². The van der Waals surface area contributed by atoms with Crippen LogP contribution in [0.1, 0.15) is 18.4 Å². The number of nitrogens with zero attached hydrogens (tertiary/aromatic N) is 1. The van der Waals surface area contributed by atoms with Crippen molar-refractivity contribution in [3.8, 4) is 0 Å². The summed E-state index contributed by atoms with van der Waals surface area (Å²) < 4.78 is 42.8. The highest BCUT2D eigenvalue weighted by atomic mass is 19.4. The van der Waals surface area contributed by atoms with Gasteiger partial charge < -0.3 is 14.7 Å². The quantitative estimate of drug-likeness (QED) is 0.925. The van der Waals surface area contributed by atoms with Crippen LogP contribution in [-0.2, 0) is 20.5 Å². The number of alkyl halides is 3. The molecule has 1 heterocycles. The average molecular weight is 317 g/mol. The first kappa shape index (κ1) is 16.3. The summed E-state index contributed by atoms with van der Waals surface area (Å²) >= 11 is 0. The van der Waals surface area contributed by atoms with E-state index in [1.54, 1.807) is 0 Å². The maximum Gasteiger partial charge on any atom is 0.416 e. The maximum absolute atomic E-state index is 12.5. The lowest BCUT2D eigenvalue weighted by Crippen LogP contribution is -2.47. The fraction of sp³-hybridized carbons (Fsp3) is 0.429. The second-order valence-corrected chi connectivity index (χ2v) is 4.91. The molecule has 1 aliphatic rings. The number of carbonyl (C=O) groups excluding carboxylic acids is 1. The lowest BCUT2D eigenvalue weighted by atomic mass is 10.1. The Labute approximate surface area is 124 Å². The first-order valence-electron chi connectivity index (χ1n) is 6.58. The fourth-order valence-electron chi connectivity index (χ4n) is 2.16. The molecule has 1 aromatic carbocycles. The second kappa shape index (κ2) is 6.35. The minimum Gasteiger partial charge on any atom is -0.481 e. The second-order valence-electron chi connectivity index (χ2n) is 4.91. The zero-order valence-corrected chi connectivity index (χ0v) is 11.5. The standard InChI is InChI=1S/C14H14F3NO4/c15-14(16,17)9-1-3-10(4-2-9)18-7-11(5-6-13(20)21)22-8-12(18)19/h1-4,11H,5-8H2,(H,20,21). The number of carboxylic acids is 1. The van der Waals surface area contributed by atoms with E-state index in [1.807, 2.05) is 0 Å². The smallest absolute Gasteiger partial charge is 0.416 e. The predicted octanol–water partition coefficient (Wildman–Crippen LogP) is 2.30. The average Bonchev–Trinajstić information content (AvgIpc) is 2.45. The van der Waals surface area contributed by atoms with Crippen LogP contribution in [0.15, 0.2) is 24.3 Å². The van der Waals surface area contributed by atoms with E-state index in [1.165, 1.54) is 17.0 Å². The van der Waals surface area contributed by atoms with Gasteiger partial charge in [-0.15, -0.1) is 0 Å². The van der Waals surface area contributed by atoms with Crippen molar-refractivity contribution in [2.75, 3.05) is 18.1 Å². The van der Waals surface area contributed by atoms with Crippen LogP contribution in [0.3, 0.4) is 0 Å². The lowest BCUT2D eigenvalue weighted by molar-refractivity contribution is -0.139. The molecule has 1 amide bonds. The highest BCUT2D eigenvalue weighted by Crippen LogP contribution is 2.31. The number of anilines is 1. The monoisotopic (exact) mass is 317 g/mol. The van der Waals surface area contributed by atoms with Gasteiger partial charge in [0, 0.05) is 12.1 Å². The summed E-state index contributed by atoms with van der Waals surface area (Å²) in [6, 6.07) is 4.26. The van der Waals surface area contributed by atoms with Crippen LogP contribution in [0.2, 0.25) is 0 Å². The Balaban J connectivity index is 2.08. The van der Waals surface area contributed by atoms with Gasteiger partial charge in [-0.05, 0) is 30.7 Å². The Morgan fingerprint density at radius 2 is 1.95 bits per heavy atom. The van der Waals surface area contributed by atoms with Crippen molar-refractivity contribution in [3.05, 3.63) is 29.8 Å². The molecule has 8 heteroatoms. The zero-order chi connectivity index (χ0) is 16.3. The van der Waals surface area contributed by atoms with Crippen LogP contribution in [0.4, 0.5) is 18.9 Å². The van der Waals surface area contributed by atoms with E-state index in [9.17, 15) is 22.8 Å². The van der Waals surface area contributed by atoms with E-state index in [-0.39, 0.29) is 31.9 Å². The number of halogens is 3. The number of carbonyl (C=O) groups is 2. The van der Waals surface area contributed by atoms with E-state index in [2.05, 4.69) is 0 Å². The molecule has 1 atom stereocenters. The van der Waals surface area contributed by atoms with E-state index in [0.29, 0.717) is 5.69 Å². The molecule has 1 aliphatic heterocycles. The minimum atomic E-state index is -4.43. The Morgan fingerprint density at radius 3 is 2.50 bits per heavy atom. The topological polar surface area (TPSA) is 66.8 Å². The number of amides is 1. The van der Waals surface area contributed by atoms with Crippen LogP contribution in [0.25, 0.3) is 0 Å². The molecule has 0 bridgehead atoms. The Kier molecular flexibility index (Phi) is 4.70. The molecule has 1 saturated heterocycles. The van der Waals surface area contributed by atoms with E-state index < -0.39 is 23.8 Å². The number of rotatable bonds is 4. The molecule has 0 aromatic heterocycles. The SMILES string of the molecule is O=C(O)CCC1CN(c2ccc(C(F)(F)F)cc2)C(=O)CO1. The summed E-state index contributed by atoms with van der Waals surface area (Å²) in [6.45, 7) is -0.0945. The van der Waals surface area contributed by atoms with Crippen LogP contribution in [-0.4, -0.2) is 36.2 Å². The molecule has 1 aromatic rings. The van der Waals surface area contributed by atoms with Gasteiger partial charge >= 0.3 is 12.1 Å². The van der Waals surface area contributed by atoms with Gasteiger partial charge in [0.15, 0.2) is 0 Å². The van der Waals surface area contributed by atoms with Crippen molar-refractivity contribution in [3.63, 3.8) is 0 Å². The first-order chi connectivity index (χ1) is 10.3. The summed E-state index contributed by atoms with van der Waals surface area (Å²) in [5.74, 6) is -1.34. The molecule has 0 saturated carbocycles.